The minimum atomic E-state index is -1.26. The lowest BCUT2D eigenvalue weighted by molar-refractivity contribution is -0.137. The van der Waals surface area contributed by atoms with Crippen molar-refractivity contribution in [3.8, 4) is 0 Å². The summed E-state index contributed by atoms with van der Waals surface area (Å²) in [5.41, 5.74) is -0.817. The summed E-state index contributed by atoms with van der Waals surface area (Å²) in [5, 5.41) is 14.4. The minimum Gasteiger partial charge on any atom is -0.353 e. The van der Waals surface area contributed by atoms with Crippen LogP contribution in [-0.4, -0.2) is 62.9 Å². The first-order valence-corrected chi connectivity index (χ1v) is 14.9. The van der Waals surface area contributed by atoms with E-state index in [1.165, 1.54) is 46.9 Å². The molecule has 4 amide bonds. The lowest BCUT2D eigenvalue weighted by Gasteiger charge is -2.48. The molecule has 13 nitrogen and oxygen atoms in total. The van der Waals surface area contributed by atoms with E-state index in [0.717, 1.165) is 19.3 Å². The Balaban J connectivity index is 0.0000101. The summed E-state index contributed by atoms with van der Waals surface area (Å²) < 4.78 is 2.51. The zero-order chi connectivity index (χ0) is 33.2. The first-order chi connectivity index (χ1) is 20.6. The number of aromatic nitrogens is 3. The van der Waals surface area contributed by atoms with E-state index in [4.69, 9.17) is 0 Å². The van der Waals surface area contributed by atoms with Gasteiger partial charge in [0.25, 0.3) is 17.4 Å². The second kappa shape index (κ2) is 16.9. The van der Waals surface area contributed by atoms with Gasteiger partial charge in [-0.15, -0.1) is 0 Å². The molecule has 250 valence electrons. The Morgan fingerprint density at radius 3 is 2.22 bits per heavy atom. The molecule has 4 N–H and O–H groups in total. The van der Waals surface area contributed by atoms with Crippen LogP contribution in [0.1, 0.15) is 84.1 Å². The molecule has 0 spiro atoms. The van der Waals surface area contributed by atoms with Gasteiger partial charge in [0.15, 0.2) is 0 Å². The largest absolute Gasteiger partial charge is 0.353 e. The molecule has 0 fully saturated rings. The van der Waals surface area contributed by atoms with Crippen LogP contribution in [-0.2, 0) is 32.8 Å². The van der Waals surface area contributed by atoms with Gasteiger partial charge in [-0.1, -0.05) is 48.0 Å². The zero-order valence-electron chi connectivity index (χ0n) is 27.6. The Bertz CT molecular complexity index is 1410. The maximum atomic E-state index is 13.3. The number of anilines is 1. The monoisotopic (exact) mass is 647 g/mol. The van der Waals surface area contributed by atoms with Crippen molar-refractivity contribution in [2.24, 2.45) is 17.9 Å². The maximum Gasteiger partial charge on any atom is 0.287 e. The van der Waals surface area contributed by atoms with E-state index >= 15 is 0 Å². The summed E-state index contributed by atoms with van der Waals surface area (Å²) in [4.78, 5) is 76.4. The number of nitrogens with one attached hydrogen (secondary N) is 4. The Hall–Kier alpha value is -3.94. The Kier molecular flexibility index (Phi) is 14.7. The van der Waals surface area contributed by atoms with E-state index in [0.29, 0.717) is 0 Å². The molecular formula is C31H49N7O6S. The van der Waals surface area contributed by atoms with Crippen LogP contribution in [0, 0.1) is 10.8 Å². The quantitative estimate of drug-likeness (QED) is 0.215. The van der Waals surface area contributed by atoms with Crippen LogP contribution in [0.2, 0.25) is 0 Å². The van der Waals surface area contributed by atoms with Crippen molar-refractivity contribution in [1.82, 2.24) is 30.3 Å². The second-order valence-electron chi connectivity index (χ2n) is 12.2. The minimum absolute atomic E-state index is 0. The molecule has 0 aliphatic heterocycles. The number of aryl methyl sites for hydroxylation is 1. The number of hydrogen-bond donors (Lipinski definition) is 4. The van der Waals surface area contributed by atoms with Crippen molar-refractivity contribution in [3.05, 3.63) is 46.6 Å². The van der Waals surface area contributed by atoms with Gasteiger partial charge in [0.1, 0.15) is 24.0 Å². The van der Waals surface area contributed by atoms with Crippen LogP contribution in [0.25, 0.3) is 0 Å². The van der Waals surface area contributed by atoms with Gasteiger partial charge in [0, 0.05) is 39.0 Å². The normalized spacial score (nSPS) is 13.8. The van der Waals surface area contributed by atoms with Crippen LogP contribution < -0.4 is 26.8 Å². The van der Waals surface area contributed by atoms with Gasteiger partial charge in [-0.25, -0.2) is 0 Å². The summed E-state index contributed by atoms with van der Waals surface area (Å²) in [6, 6.07) is 2.99. The molecule has 0 saturated heterocycles. The third kappa shape index (κ3) is 10.0. The molecule has 0 radical (unpaired) electrons. The first kappa shape index (κ1) is 39.1. The molecule has 0 aliphatic rings. The topological polar surface area (TPSA) is 173 Å². The highest BCUT2D eigenvalue weighted by molar-refractivity contribution is 7.59. The number of pyridine rings is 1. The Morgan fingerprint density at radius 2 is 1.69 bits per heavy atom. The molecule has 14 heteroatoms. The Morgan fingerprint density at radius 1 is 1.02 bits per heavy atom. The molecule has 2 aromatic heterocycles. The first-order valence-electron chi connectivity index (χ1n) is 14.9. The molecule has 3 unspecified atom stereocenters. The van der Waals surface area contributed by atoms with Crippen molar-refractivity contribution in [2.45, 2.75) is 92.3 Å². The summed E-state index contributed by atoms with van der Waals surface area (Å²) in [6.07, 6.45) is 4.95. The molecule has 0 saturated carbocycles. The number of rotatable bonds is 15. The van der Waals surface area contributed by atoms with Crippen molar-refractivity contribution in [2.75, 3.05) is 12.4 Å². The second-order valence-corrected chi connectivity index (χ2v) is 12.2. The van der Waals surface area contributed by atoms with Crippen LogP contribution in [0.3, 0.4) is 0 Å². The fourth-order valence-corrected chi connectivity index (χ4v) is 5.30. The summed E-state index contributed by atoms with van der Waals surface area (Å²) in [5.74, 6) is -3.32. The van der Waals surface area contributed by atoms with Crippen LogP contribution in [0.5, 0.6) is 0 Å². The molecule has 3 atom stereocenters. The predicted molar refractivity (Wildman–Crippen MR) is 177 cm³/mol. The fourth-order valence-electron chi connectivity index (χ4n) is 5.30. The maximum absolute atomic E-state index is 13.3. The molecule has 0 aromatic carbocycles. The average molecular weight is 648 g/mol. The number of hydrogen-bond acceptors (Lipinski definition) is 7. The summed E-state index contributed by atoms with van der Waals surface area (Å²) in [7, 11) is 2.86. The standard InChI is InChI=1S/C31H47N7O6.H2S/c1-9-16-31(6,30(3,4)5)24(10-2)36-25(40)19-38-18-11-12-21(29(38)44)35-26(41)20(13-14-23(39)28(43)32-7)34-27(42)22-15-17-33-37(22)8;/h11-12,15,17-18,20,24H,9-10,13-14,16,19H2,1-8H3,(H,32,43)(H,34,42)(H,35,41)(H,36,40);1H2. The lowest BCUT2D eigenvalue weighted by atomic mass is 9.60. The average Bonchev–Trinajstić information content (AvgIpc) is 3.40. The number of Topliss-reactive ketones (excluding diaryl/α,β-unsaturated/α-hetero) is 1. The van der Waals surface area contributed by atoms with E-state index < -0.39 is 35.1 Å². The highest BCUT2D eigenvalue weighted by Crippen LogP contribution is 2.46. The molecular weight excluding hydrogens is 598 g/mol. The van der Waals surface area contributed by atoms with Crippen molar-refractivity contribution in [1.29, 1.82) is 0 Å². The molecule has 0 aliphatic carbocycles. The van der Waals surface area contributed by atoms with E-state index in [1.807, 2.05) is 6.92 Å². The molecule has 2 heterocycles. The van der Waals surface area contributed by atoms with E-state index in [1.54, 1.807) is 7.05 Å². The Labute approximate surface area is 271 Å². The highest BCUT2D eigenvalue weighted by atomic mass is 32.1. The molecule has 2 aromatic rings. The number of carbonyl (C=O) groups is 5. The van der Waals surface area contributed by atoms with Crippen molar-refractivity contribution < 1.29 is 24.0 Å². The van der Waals surface area contributed by atoms with E-state index in [-0.39, 0.29) is 67.0 Å². The number of ketones is 1. The third-order valence-electron chi connectivity index (χ3n) is 8.40. The molecule has 2 rings (SSSR count). The molecule has 45 heavy (non-hydrogen) atoms. The highest BCUT2D eigenvalue weighted by Gasteiger charge is 2.43. The summed E-state index contributed by atoms with van der Waals surface area (Å²) in [6.45, 7) is 12.6. The third-order valence-corrected chi connectivity index (χ3v) is 8.40. The molecule has 0 bridgehead atoms. The number of nitrogens with zero attached hydrogens (tertiary/aromatic N) is 3. The van der Waals surface area contributed by atoms with Crippen molar-refractivity contribution in [3.63, 3.8) is 0 Å². The predicted octanol–water partition coefficient (Wildman–Crippen LogP) is 2.27. The number of amides is 4. The van der Waals surface area contributed by atoms with Gasteiger partial charge in [-0.2, -0.15) is 18.6 Å². The van der Waals surface area contributed by atoms with Gasteiger partial charge < -0.3 is 25.8 Å². The SMILES string of the molecule is CCCC(C)(C(CC)NC(=O)Cn1cccc(NC(=O)C(CCC(=O)C(=O)NC)NC(=O)c2ccnn2C)c1=O)C(C)(C)C.S. The summed E-state index contributed by atoms with van der Waals surface area (Å²) >= 11 is 0. The van der Waals surface area contributed by atoms with Gasteiger partial charge in [-0.3, -0.25) is 33.4 Å². The zero-order valence-corrected chi connectivity index (χ0v) is 28.6. The lowest BCUT2D eigenvalue weighted by Crippen LogP contribution is -2.53. The van der Waals surface area contributed by atoms with Gasteiger partial charge in [0.2, 0.25) is 17.6 Å². The number of carbonyl (C=O) groups excluding carboxylic acids is 5. The van der Waals surface area contributed by atoms with Gasteiger partial charge >= 0.3 is 0 Å². The number of likely N-dealkylation sites (N-methyl/N-ethyl adjacent to an activating group) is 1. The van der Waals surface area contributed by atoms with E-state index in [2.05, 4.69) is 61.0 Å². The van der Waals surface area contributed by atoms with Crippen LogP contribution >= 0.6 is 13.5 Å². The van der Waals surface area contributed by atoms with Crippen molar-refractivity contribution >= 4 is 48.6 Å². The fraction of sp³-hybridized carbons (Fsp3) is 0.581. The van der Waals surface area contributed by atoms with Gasteiger partial charge in [0.05, 0.1) is 0 Å². The van der Waals surface area contributed by atoms with Crippen LogP contribution in [0.15, 0.2) is 35.4 Å². The van der Waals surface area contributed by atoms with E-state index in [9.17, 15) is 28.8 Å². The van der Waals surface area contributed by atoms with Crippen LogP contribution in [0.4, 0.5) is 5.69 Å². The smallest absolute Gasteiger partial charge is 0.287 e. The van der Waals surface area contributed by atoms with Gasteiger partial charge in [-0.05, 0) is 48.3 Å².